The molecule has 0 saturated carbocycles. The van der Waals surface area contributed by atoms with Gasteiger partial charge in [0.15, 0.2) is 0 Å². The first-order valence-corrected chi connectivity index (χ1v) is 28.0. The number of pyridine rings is 1. The minimum atomic E-state index is -1.43. The van der Waals surface area contributed by atoms with Crippen molar-refractivity contribution in [3.05, 3.63) is 206 Å². The van der Waals surface area contributed by atoms with Crippen LogP contribution in [-0.2, 0) is 32.9 Å². The minimum absolute atomic E-state index is 0. The van der Waals surface area contributed by atoms with Gasteiger partial charge in [0.2, 0.25) is 0 Å². The fourth-order valence-corrected chi connectivity index (χ4v) is 18.2. The summed E-state index contributed by atoms with van der Waals surface area (Å²) in [4.78, 5) is 4.90. The number of benzene rings is 8. The SMILES string of the molecule is CC(C)(C)c1ccnc(-n2c3[c-]c(Oc4[c-]c(-n5[c-][n+]6c7c(cccc75)-c5ccccc5-c5ccccc5-c5cccc(-c7ccc8c(c7)CCC[Si]87CCCC7)c5-6)ccc4)ccc3c3ccccc32)c1.[Pt]. The van der Waals surface area contributed by atoms with E-state index in [2.05, 4.69) is 205 Å². The summed E-state index contributed by atoms with van der Waals surface area (Å²) in [5.41, 5.74) is 18.5. The fraction of sp³-hybridized carbons (Fsp3) is 0.169. The average Bonchev–Trinajstić information content (AvgIpc) is 4.13. The summed E-state index contributed by atoms with van der Waals surface area (Å²) in [6.07, 6.45) is 11.2. The van der Waals surface area contributed by atoms with Crippen molar-refractivity contribution in [3.8, 4) is 73.2 Å². The van der Waals surface area contributed by atoms with Crippen LogP contribution in [0.4, 0.5) is 0 Å². The molecule has 5 nitrogen and oxygen atoms in total. The molecule has 0 atom stereocenters. The Labute approximate surface area is 436 Å². The van der Waals surface area contributed by atoms with Crippen molar-refractivity contribution < 1.29 is 30.4 Å². The molecule has 72 heavy (non-hydrogen) atoms. The number of aryl methyl sites for hydroxylation is 1. The van der Waals surface area contributed by atoms with Gasteiger partial charge in [-0.3, -0.25) is 4.57 Å². The van der Waals surface area contributed by atoms with Crippen molar-refractivity contribution in [1.82, 2.24) is 14.1 Å². The van der Waals surface area contributed by atoms with E-state index in [1.807, 2.05) is 24.4 Å². The van der Waals surface area contributed by atoms with E-state index in [0.717, 1.165) is 55.6 Å². The number of ether oxygens (including phenoxy) is 1. The van der Waals surface area contributed by atoms with Crippen molar-refractivity contribution in [3.63, 3.8) is 0 Å². The van der Waals surface area contributed by atoms with Crippen LogP contribution in [0.1, 0.15) is 51.2 Å². The van der Waals surface area contributed by atoms with Gasteiger partial charge in [0.25, 0.3) is 6.33 Å². The molecule has 354 valence electrons. The molecule has 3 aliphatic heterocycles. The molecule has 3 aliphatic rings. The Kier molecular flexibility index (Phi) is 10.8. The summed E-state index contributed by atoms with van der Waals surface area (Å²) in [6, 6.07) is 73.8. The van der Waals surface area contributed by atoms with Crippen LogP contribution in [0.5, 0.6) is 11.5 Å². The molecule has 0 amide bonds. The van der Waals surface area contributed by atoms with Crippen LogP contribution in [0.15, 0.2) is 176 Å². The van der Waals surface area contributed by atoms with Gasteiger partial charge in [-0.05, 0) is 96.7 Å². The summed E-state index contributed by atoms with van der Waals surface area (Å²) in [7, 11) is -1.43. The number of nitrogens with zero attached hydrogens (tertiary/aromatic N) is 4. The zero-order valence-corrected chi connectivity index (χ0v) is 44.0. The molecule has 0 N–H and O–H groups in total. The average molecular weight is 1130 g/mol. The number of hydrogen-bond acceptors (Lipinski definition) is 2. The number of aromatic nitrogens is 4. The van der Waals surface area contributed by atoms with Crippen molar-refractivity contribution in [2.75, 3.05) is 0 Å². The molecular weight excluding hydrogens is 1080 g/mol. The fourth-order valence-electron chi connectivity index (χ4n) is 12.6. The monoisotopic (exact) mass is 1130 g/mol. The number of para-hydroxylation sites is 3. The van der Waals surface area contributed by atoms with Crippen LogP contribution in [0.25, 0.3) is 94.5 Å². The first-order chi connectivity index (χ1) is 34.8. The van der Waals surface area contributed by atoms with Gasteiger partial charge in [0, 0.05) is 44.3 Å². The summed E-state index contributed by atoms with van der Waals surface area (Å²) >= 11 is 0. The van der Waals surface area contributed by atoms with Crippen LogP contribution in [0, 0.1) is 18.5 Å². The number of rotatable bonds is 5. The standard InChI is InChI=1S/C65H52N4OSi.Pt/c1-65(2,3)45-33-34-66-62(39-45)69-58-27-9-8-23-54(58)55-31-30-48(41-60(55)69)70-47-18-12-17-46(40-47)67-42-68-63-49(43-29-32-61-44(38-43)16-15-37-71(61)35-10-11-36-71)24-13-25-56(63)52-21-6-4-19-50(52)51-20-5-7-22-53(51)57-26-14-28-59(67)64(57)68;/h4-9,12-14,17-34,38-39H,10-11,15-16,35-37H2,1-3H3;/q-2;. The van der Waals surface area contributed by atoms with Gasteiger partial charge < -0.3 is 13.9 Å². The van der Waals surface area contributed by atoms with E-state index in [9.17, 15) is 0 Å². The molecule has 0 aliphatic carbocycles. The van der Waals surface area contributed by atoms with E-state index in [4.69, 9.17) is 9.72 Å². The van der Waals surface area contributed by atoms with Crippen molar-refractivity contribution in [2.24, 2.45) is 0 Å². The summed E-state index contributed by atoms with van der Waals surface area (Å²) < 4.78 is 13.5. The molecule has 8 aromatic carbocycles. The molecule has 7 heteroatoms. The van der Waals surface area contributed by atoms with Gasteiger partial charge in [0.05, 0.1) is 24.8 Å². The van der Waals surface area contributed by atoms with Crippen molar-refractivity contribution in [2.45, 2.75) is 70.0 Å². The van der Waals surface area contributed by atoms with Crippen LogP contribution in [0.2, 0.25) is 18.1 Å². The molecule has 1 saturated heterocycles. The van der Waals surface area contributed by atoms with Crippen LogP contribution in [0.3, 0.4) is 0 Å². The Hall–Kier alpha value is -7.11. The van der Waals surface area contributed by atoms with Crippen molar-refractivity contribution in [1.29, 1.82) is 0 Å². The summed E-state index contributed by atoms with van der Waals surface area (Å²) in [5.74, 6) is 2.04. The second-order valence-electron chi connectivity index (χ2n) is 21.0. The summed E-state index contributed by atoms with van der Waals surface area (Å²) in [6.45, 7) is 6.71. The number of fused-ring (bicyclic) bond motifs is 12. The second kappa shape index (κ2) is 17.3. The van der Waals surface area contributed by atoms with E-state index in [-0.39, 0.29) is 26.5 Å². The van der Waals surface area contributed by atoms with Gasteiger partial charge in [-0.2, -0.15) is 18.2 Å². The first kappa shape index (κ1) is 44.8. The predicted molar refractivity (Wildman–Crippen MR) is 291 cm³/mol. The number of imidazole rings is 1. The maximum absolute atomic E-state index is 6.77. The van der Waals surface area contributed by atoms with Gasteiger partial charge in [-0.25, -0.2) is 4.98 Å². The van der Waals surface area contributed by atoms with E-state index in [1.165, 1.54) is 88.3 Å². The van der Waals surface area contributed by atoms with E-state index in [0.29, 0.717) is 11.5 Å². The van der Waals surface area contributed by atoms with Gasteiger partial charge in [-0.1, -0.05) is 190 Å². The Morgan fingerprint density at radius 2 is 1.24 bits per heavy atom. The molecule has 1 fully saturated rings. The normalized spacial score (nSPS) is 14.5. The smallest absolute Gasteiger partial charge is 0.268 e. The van der Waals surface area contributed by atoms with E-state index < -0.39 is 8.07 Å². The van der Waals surface area contributed by atoms with Crippen LogP contribution < -0.4 is 14.5 Å². The molecule has 3 aromatic heterocycles. The maximum atomic E-state index is 6.77. The van der Waals surface area contributed by atoms with E-state index >= 15 is 0 Å². The van der Waals surface area contributed by atoms with E-state index in [1.54, 1.807) is 10.8 Å². The maximum Gasteiger partial charge on any atom is 0.268 e. The Bertz CT molecular complexity index is 3960. The zero-order valence-electron chi connectivity index (χ0n) is 40.7. The third-order valence-corrected chi connectivity index (χ3v) is 21.5. The molecule has 0 unspecified atom stereocenters. The molecular formula is C65H52N4OPtSi-2. The quantitative estimate of drug-likeness (QED) is 0.0978. The Morgan fingerprint density at radius 3 is 2.04 bits per heavy atom. The Balaban J connectivity index is 0.00000504. The number of hydrogen-bond donors (Lipinski definition) is 0. The molecule has 11 aromatic rings. The van der Waals surface area contributed by atoms with Gasteiger partial charge in [-0.15, -0.1) is 29.7 Å². The van der Waals surface area contributed by atoms with Crippen LogP contribution in [-0.4, -0.2) is 22.2 Å². The molecule has 0 radical (unpaired) electrons. The Morgan fingerprint density at radius 1 is 0.583 bits per heavy atom. The largest absolute Gasteiger partial charge is 0.510 e. The van der Waals surface area contributed by atoms with Gasteiger partial charge >= 0.3 is 0 Å². The van der Waals surface area contributed by atoms with Crippen LogP contribution >= 0.6 is 0 Å². The third-order valence-electron chi connectivity index (χ3n) is 15.9. The van der Waals surface area contributed by atoms with Gasteiger partial charge in [0.1, 0.15) is 5.82 Å². The second-order valence-corrected chi connectivity index (χ2v) is 25.6. The predicted octanol–water partition coefficient (Wildman–Crippen LogP) is 15.3. The third kappa shape index (κ3) is 7.12. The molecule has 0 bridgehead atoms. The molecule has 14 rings (SSSR count). The van der Waals surface area contributed by atoms with Crippen molar-refractivity contribution >= 4 is 46.1 Å². The first-order valence-electron chi connectivity index (χ1n) is 25.4. The summed E-state index contributed by atoms with van der Waals surface area (Å²) in [5, 5.41) is 3.97. The molecule has 6 heterocycles. The molecule has 1 spiro atoms. The topological polar surface area (TPSA) is 35.9 Å². The zero-order chi connectivity index (χ0) is 47.4. The minimum Gasteiger partial charge on any atom is -0.510 e.